The van der Waals surface area contributed by atoms with Gasteiger partial charge in [0.15, 0.2) is 5.13 Å². The first kappa shape index (κ1) is 18.2. The van der Waals surface area contributed by atoms with Crippen LogP contribution in [0.5, 0.6) is 0 Å². The number of nitrogens with one attached hydrogen (secondary N) is 1. The third-order valence-corrected chi connectivity index (χ3v) is 3.66. The van der Waals surface area contributed by atoms with E-state index in [1.807, 2.05) is 26.8 Å². The van der Waals surface area contributed by atoms with Gasteiger partial charge in [0.05, 0.1) is 6.20 Å². The molecule has 0 unspecified atom stereocenters. The maximum atomic E-state index is 11.7. The van der Waals surface area contributed by atoms with Crippen molar-refractivity contribution in [1.82, 2.24) is 9.97 Å². The van der Waals surface area contributed by atoms with E-state index in [0.717, 1.165) is 10.6 Å². The molecule has 6 nitrogen and oxygen atoms in total. The topological polar surface area (TPSA) is 77.2 Å². The molecule has 130 valence electrons. The van der Waals surface area contributed by atoms with Crippen LogP contribution in [0.15, 0.2) is 16.8 Å². The average molecular weight is 349 g/mol. The molecule has 2 rings (SSSR count). The minimum Gasteiger partial charge on any atom is -0.444 e. The van der Waals surface area contributed by atoms with Crippen molar-refractivity contribution in [3.63, 3.8) is 0 Å². The van der Waals surface area contributed by atoms with E-state index in [9.17, 15) is 4.79 Å². The molecule has 0 aliphatic rings. The number of amides is 1. The smallest absolute Gasteiger partial charge is 0.413 e. The molecule has 2 heterocycles. The Morgan fingerprint density at radius 3 is 2.46 bits per heavy atom. The zero-order valence-electron chi connectivity index (χ0n) is 14.8. The van der Waals surface area contributed by atoms with Crippen molar-refractivity contribution in [2.75, 3.05) is 5.32 Å². The summed E-state index contributed by atoms with van der Waals surface area (Å²) in [4.78, 5) is 21.0. The maximum Gasteiger partial charge on any atom is 0.413 e. The van der Waals surface area contributed by atoms with Crippen molar-refractivity contribution < 1.29 is 13.9 Å². The van der Waals surface area contributed by atoms with E-state index < -0.39 is 11.7 Å². The summed E-state index contributed by atoms with van der Waals surface area (Å²) >= 11 is 1.34. The van der Waals surface area contributed by atoms with Gasteiger partial charge in [-0.2, -0.15) is 0 Å². The molecule has 1 amide bonds. The molecule has 0 fully saturated rings. The van der Waals surface area contributed by atoms with Crippen molar-refractivity contribution in [2.24, 2.45) is 0 Å². The van der Waals surface area contributed by atoms with Gasteiger partial charge in [0, 0.05) is 22.6 Å². The number of ether oxygens (including phenoxy) is 1. The third-order valence-electron chi connectivity index (χ3n) is 2.78. The van der Waals surface area contributed by atoms with Crippen LogP contribution in [-0.2, 0) is 10.2 Å². The largest absolute Gasteiger partial charge is 0.444 e. The van der Waals surface area contributed by atoms with E-state index >= 15 is 0 Å². The molecule has 0 bridgehead atoms. The quantitative estimate of drug-likeness (QED) is 0.848. The van der Waals surface area contributed by atoms with Crippen LogP contribution in [0.1, 0.15) is 58.1 Å². The minimum absolute atomic E-state index is 0.0753. The first-order valence-corrected chi connectivity index (χ1v) is 8.45. The van der Waals surface area contributed by atoms with Gasteiger partial charge < -0.3 is 9.15 Å². The van der Waals surface area contributed by atoms with E-state index in [1.54, 1.807) is 18.5 Å². The van der Waals surface area contributed by atoms with Gasteiger partial charge in [0.1, 0.15) is 11.4 Å². The number of aromatic nitrogens is 2. The highest BCUT2D eigenvalue weighted by Crippen LogP contribution is 2.24. The second-order valence-electron chi connectivity index (χ2n) is 7.34. The van der Waals surface area contributed by atoms with Crippen LogP contribution in [-0.4, -0.2) is 21.7 Å². The van der Waals surface area contributed by atoms with E-state index in [-0.39, 0.29) is 5.41 Å². The van der Waals surface area contributed by atoms with Gasteiger partial charge in [0.25, 0.3) is 0 Å². The Balaban J connectivity index is 1.98. The zero-order valence-corrected chi connectivity index (χ0v) is 15.7. The van der Waals surface area contributed by atoms with Crippen molar-refractivity contribution in [3.8, 4) is 0 Å². The van der Waals surface area contributed by atoms with Gasteiger partial charge in [-0.15, -0.1) is 0 Å². The Bertz CT molecular complexity index is 733. The minimum atomic E-state index is -0.542. The van der Waals surface area contributed by atoms with Crippen LogP contribution in [0.2, 0.25) is 0 Å². The van der Waals surface area contributed by atoms with Crippen molar-refractivity contribution >= 4 is 34.7 Å². The van der Waals surface area contributed by atoms with Gasteiger partial charge in [-0.05, 0) is 26.8 Å². The highest BCUT2D eigenvalue weighted by atomic mass is 32.1. The molecule has 0 atom stereocenters. The number of rotatable bonds is 3. The highest BCUT2D eigenvalue weighted by molar-refractivity contribution is 7.16. The summed E-state index contributed by atoms with van der Waals surface area (Å²) in [5.74, 6) is 1.37. The molecule has 0 aliphatic carbocycles. The fourth-order valence-corrected chi connectivity index (χ4v) is 2.38. The van der Waals surface area contributed by atoms with Crippen molar-refractivity contribution in [2.45, 2.75) is 52.6 Å². The van der Waals surface area contributed by atoms with Crippen LogP contribution in [0.25, 0.3) is 12.2 Å². The average Bonchev–Trinajstić information content (AvgIpc) is 3.01. The molecule has 1 N–H and O–H groups in total. The first-order valence-electron chi connectivity index (χ1n) is 7.63. The lowest BCUT2D eigenvalue weighted by molar-refractivity contribution is 0.0636. The van der Waals surface area contributed by atoms with Gasteiger partial charge in [0.2, 0.25) is 5.89 Å². The SMILES string of the molecule is CC(C)(C)OC(=O)Nc1ncc(/C=C/c2ncc(C(C)(C)C)o2)s1. The number of thiazole rings is 1. The second-order valence-corrected chi connectivity index (χ2v) is 8.40. The molecule has 0 aromatic carbocycles. The molecule has 0 aliphatic heterocycles. The van der Waals surface area contributed by atoms with Gasteiger partial charge in [-0.3, -0.25) is 5.32 Å². The summed E-state index contributed by atoms with van der Waals surface area (Å²) in [6.07, 6.45) is 6.51. The number of hydrogen-bond acceptors (Lipinski definition) is 6. The lowest BCUT2D eigenvalue weighted by Crippen LogP contribution is -2.27. The van der Waals surface area contributed by atoms with Gasteiger partial charge in [-0.25, -0.2) is 14.8 Å². The van der Waals surface area contributed by atoms with E-state index in [2.05, 4.69) is 36.1 Å². The second kappa shape index (κ2) is 6.76. The van der Waals surface area contributed by atoms with Gasteiger partial charge >= 0.3 is 6.09 Å². The number of carbonyl (C=O) groups excluding carboxylic acids is 1. The molecule has 2 aromatic rings. The van der Waals surface area contributed by atoms with Gasteiger partial charge in [-0.1, -0.05) is 32.1 Å². The molecule has 0 radical (unpaired) electrons. The van der Waals surface area contributed by atoms with Crippen LogP contribution in [0, 0.1) is 0 Å². The number of anilines is 1. The van der Waals surface area contributed by atoms with Crippen molar-refractivity contribution in [1.29, 1.82) is 0 Å². The Kier molecular flexibility index (Phi) is 5.13. The van der Waals surface area contributed by atoms with E-state index in [0.29, 0.717) is 11.0 Å². The van der Waals surface area contributed by atoms with Crippen molar-refractivity contribution in [3.05, 3.63) is 28.9 Å². The van der Waals surface area contributed by atoms with E-state index in [1.165, 1.54) is 11.3 Å². The molecule has 2 aromatic heterocycles. The fraction of sp³-hybridized carbons (Fsp3) is 0.471. The Morgan fingerprint density at radius 2 is 1.88 bits per heavy atom. The Hall–Kier alpha value is -2.15. The maximum absolute atomic E-state index is 11.7. The molecule has 7 heteroatoms. The van der Waals surface area contributed by atoms with Crippen LogP contribution in [0.3, 0.4) is 0 Å². The molecule has 0 saturated carbocycles. The van der Waals surface area contributed by atoms with Crippen LogP contribution in [0.4, 0.5) is 9.93 Å². The summed E-state index contributed by atoms with van der Waals surface area (Å²) in [7, 11) is 0. The number of oxazole rings is 1. The predicted molar refractivity (Wildman–Crippen MR) is 96.1 cm³/mol. The highest BCUT2D eigenvalue weighted by Gasteiger charge is 2.19. The Labute approximate surface area is 146 Å². The first-order chi connectivity index (χ1) is 11.0. The van der Waals surface area contributed by atoms with E-state index in [4.69, 9.17) is 9.15 Å². The monoisotopic (exact) mass is 349 g/mol. The molecule has 24 heavy (non-hydrogen) atoms. The summed E-state index contributed by atoms with van der Waals surface area (Å²) in [6.45, 7) is 11.6. The molecular weight excluding hydrogens is 326 g/mol. The summed E-state index contributed by atoms with van der Waals surface area (Å²) in [5.41, 5.74) is -0.617. The zero-order chi connectivity index (χ0) is 18.0. The van der Waals surface area contributed by atoms with Crippen LogP contribution >= 0.6 is 11.3 Å². The summed E-state index contributed by atoms with van der Waals surface area (Å²) in [6, 6.07) is 0. The fourth-order valence-electron chi connectivity index (χ4n) is 1.68. The number of nitrogens with zero attached hydrogens (tertiary/aromatic N) is 2. The lowest BCUT2D eigenvalue weighted by Gasteiger charge is -2.18. The Morgan fingerprint density at radius 1 is 1.17 bits per heavy atom. The third kappa shape index (κ3) is 5.49. The molecular formula is C17H23N3O3S. The predicted octanol–water partition coefficient (Wildman–Crippen LogP) is 4.95. The molecule has 0 saturated heterocycles. The normalized spacial score (nSPS) is 12.6. The lowest BCUT2D eigenvalue weighted by atomic mass is 9.94. The number of hydrogen-bond donors (Lipinski definition) is 1. The summed E-state index contributed by atoms with van der Waals surface area (Å²) < 4.78 is 10.9. The number of carbonyl (C=O) groups is 1. The van der Waals surface area contributed by atoms with Crippen LogP contribution < -0.4 is 5.32 Å². The summed E-state index contributed by atoms with van der Waals surface area (Å²) in [5, 5.41) is 3.09. The molecule has 0 spiro atoms. The standard InChI is InChI=1S/C17H23N3O3S/c1-16(2,3)12-10-18-13(22-12)8-7-11-9-19-14(24-11)20-15(21)23-17(4,5)6/h7-10H,1-6H3,(H,19,20,21)/b8-7+.